The van der Waals surface area contributed by atoms with Gasteiger partial charge in [0.15, 0.2) is 5.65 Å². The molecule has 1 N–H and O–H groups in total. The van der Waals surface area contributed by atoms with Crippen LogP contribution in [0.5, 0.6) is 0 Å². The van der Waals surface area contributed by atoms with E-state index in [1.165, 1.54) is 25.8 Å². The average molecular weight is 258 g/mol. The Labute approximate surface area is 111 Å². The molecule has 19 heavy (non-hydrogen) atoms. The van der Waals surface area contributed by atoms with Crippen molar-refractivity contribution in [2.75, 3.05) is 18.4 Å². The fourth-order valence-electron chi connectivity index (χ4n) is 2.95. The van der Waals surface area contributed by atoms with Crippen LogP contribution in [0, 0.1) is 0 Å². The molecule has 1 atom stereocenters. The second kappa shape index (κ2) is 4.16. The highest BCUT2D eigenvalue weighted by atomic mass is 15.3. The minimum Gasteiger partial charge on any atom is -0.365 e. The van der Waals surface area contributed by atoms with Crippen LogP contribution in [0.2, 0.25) is 0 Å². The third kappa shape index (κ3) is 1.96. The Hall–Kier alpha value is -1.69. The number of nitrogens with zero attached hydrogens (tertiary/aromatic N) is 5. The Balaban J connectivity index is 1.55. The molecule has 1 saturated heterocycles. The van der Waals surface area contributed by atoms with Crippen LogP contribution >= 0.6 is 0 Å². The standard InChI is InChI=1S/C13H18N6/c1-18-13-11(6-16-18)12(14-8-15-13)17-9-4-5-19(7-9)10-2-3-10/h6,8-10H,2-5,7H2,1H3,(H,14,15,17). The predicted octanol–water partition coefficient (Wildman–Crippen LogP) is 1.01. The second-order valence-electron chi connectivity index (χ2n) is 5.58. The Morgan fingerprint density at radius 2 is 2.16 bits per heavy atom. The number of nitrogens with one attached hydrogen (secondary N) is 1. The molecule has 2 aliphatic rings. The van der Waals surface area contributed by atoms with E-state index in [0.717, 1.165) is 29.4 Å². The van der Waals surface area contributed by atoms with Gasteiger partial charge < -0.3 is 5.32 Å². The minimum atomic E-state index is 0.499. The first-order valence-electron chi connectivity index (χ1n) is 6.94. The molecule has 0 amide bonds. The number of rotatable bonds is 3. The normalized spacial score (nSPS) is 24.2. The zero-order valence-electron chi connectivity index (χ0n) is 11.1. The monoisotopic (exact) mass is 258 g/mol. The first-order chi connectivity index (χ1) is 9.31. The van der Waals surface area contributed by atoms with Gasteiger partial charge in [-0.05, 0) is 19.3 Å². The van der Waals surface area contributed by atoms with Gasteiger partial charge in [-0.1, -0.05) is 0 Å². The summed E-state index contributed by atoms with van der Waals surface area (Å²) in [6, 6.07) is 1.36. The van der Waals surface area contributed by atoms with E-state index in [-0.39, 0.29) is 0 Å². The molecule has 2 fully saturated rings. The van der Waals surface area contributed by atoms with Crippen molar-refractivity contribution >= 4 is 16.9 Å². The second-order valence-corrected chi connectivity index (χ2v) is 5.58. The molecule has 2 aromatic heterocycles. The van der Waals surface area contributed by atoms with Crippen molar-refractivity contribution in [3.8, 4) is 0 Å². The molecule has 1 unspecified atom stereocenters. The number of hydrogen-bond acceptors (Lipinski definition) is 5. The molecular formula is C13H18N6. The third-order valence-electron chi connectivity index (χ3n) is 4.15. The van der Waals surface area contributed by atoms with Crippen molar-refractivity contribution in [2.45, 2.75) is 31.3 Å². The summed E-state index contributed by atoms with van der Waals surface area (Å²) in [5.41, 5.74) is 0.884. The van der Waals surface area contributed by atoms with Crippen molar-refractivity contribution in [1.29, 1.82) is 0 Å². The van der Waals surface area contributed by atoms with E-state index in [1.807, 2.05) is 13.2 Å². The van der Waals surface area contributed by atoms with Gasteiger partial charge in [0.25, 0.3) is 0 Å². The molecule has 4 rings (SSSR count). The number of hydrogen-bond donors (Lipinski definition) is 1. The van der Waals surface area contributed by atoms with Gasteiger partial charge in [0.2, 0.25) is 0 Å². The fraction of sp³-hybridized carbons (Fsp3) is 0.615. The lowest BCUT2D eigenvalue weighted by Gasteiger charge is -2.16. The molecule has 0 bridgehead atoms. The van der Waals surface area contributed by atoms with E-state index in [0.29, 0.717) is 6.04 Å². The smallest absolute Gasteiger partial charge is 0.163 e. The van der Waals surface area contributed by atoms with E-state index >= 15 is 0 Å². The van der Waals surface area contributed by atoms with Crippen molar-refractivity contribution in [2.24, 2.45) is 7.05 Å². The lowest BCUT2D eigenvalue weighted by molar-refractivity contribution is 0.326. The largest absolute Gasteiger partial charge is 0.365 e. The molecule has 0 radical (unpaired) electrons. The summed E-state index contributed by atoms with van der Waals surface area (Å²) in [5.74, 6) is 0.917. The average Bonchev–Trinajstić information content (AvgIpc) is 3.06. The van der Waals surface area contributed by atoms with Crippen LogP contribution in [0.3, 0.4) is 0 Å². The van der Waals surface area contributed by atoms with Gasteiger partial charge in [-0.25, -0.2) is 9.97 Å². The van der Waals surface area contributed by atoms with Crippen LogP contribution in [0.25, 0.3) is 11.0 Å². The lowest BCUT2D eigenvalue weighted by Crippen LogP contribution is -2.28. The Morgan fingerprint density at radius 3 is 3.00 bits per heavy atom. The Morgan fingerprint density at radius 1 is 1.26 bits per heavy atom. The van der Waals surface area contributed by atoms with Gasteiger partial charge >= 0.3 is 0 Å². The number of anilines is 1. The summed E-state index contributed by atoms with van der Waals surface area (Å²) in [5, 5.41) is 8.82. The van der Waals surface area contributed by atoms with E-state index in [4.69, 9.17) is 0 Å². The number of aryl methyl sites for hydroxylation is 1. The van der Waals surface area contributed by atoms with Gasteiger partial charge in [-0.3, -0.25) is 9.58 Å². The molecule has 1 aliphatic carbocycles. The molecule has 6 heteroatoms. The summed E-state index contributed by atoms with van der Waals surface area (Å²) in [7, 11) is 1.91. The number of aromatic nitrogens is 4. The first-order valence-corrected chi connectivity index (χ1v) is 6.94. The number of likely N-dealkylation sites (tertiary alicyclic amines) is 1. The van der Waals surface area contributed by atoms with Crippen LogP contribution in [0.4, 0.5) is 5.82 Å². The Kier molecular flexibility index (Phi) is 2.44. The molecule has 1 saturated carbocycles. The molecule has 2 aromatic rings. The van der Waals surface area contributed by atoms with Crippen LogP contribution in [0.15, 0.2) is 12.5 Å². The molecule has 6 nitrogen and oxygen atoms in total. The van der Waals surface area contributed by atoms with Crippen molar-refractivity contribution in [1.82, 2.24) is 24.6 Å². The zero-order chi connectivity index (χ0) is 12.8. The van der Waals surface area contributed by atoms with Gasteiger partial charge in [-0.15, -0.1) is 0 Å². The molecule has 0 aromatic carbocycles. The highest BCUT2D eigenvalue weighted by molar-refractivity contribution is 5.86. The van der Waals surface area contributed by atoms with Gasteiger partial charge in [0.05, 0.1) is 11.6 Å². The van der Waals surface area contributed by atoms with Crippen LogP contribution in [-0.2, 0) is 7.05 Å². The summed E-state index contributed by atoms with van der Waals surface area (Å²) < 4.78 is 1.79. The molecule has 0 spiro atoms. The summed E-state index contributed by atoms with van der Waals surface area (Å²) in [6.45, 7) is 2.35. The highest BCUT2D eigenvalue weighted by Crippen LogP contribution is 2.31. The highest BCUT2D eigenvalue weighted by Gasteiger charge is 2.34. The van der Waals surface area contributed by atoms with Gasteiger partial charge in [-0.2, -0.15) is 5.10 Å². The Bertz CT molecular complexity index is 602. The van der Waals surface area contributed by atoms with Crippen molar-refractivity contribution < 1.29 is 0 Å². The van der Waals surface area contributed by atoms with Gasteiger partial charge in [0, 0.05) is 32.2 Å². The van der Waals surface area contributed by atoms with Crippen molar-refractivity contribution in [3.63, 3.8) is 0 Å². The van der Waals surface area contributed by atoms with Crippen LogP contribution < -0.4 is 5.32 Å². The summed E-state index contributed by atoms with van der Waals surface area (Å²) >= 11 is 0. The number of fused-ring (bicyclic) bond motifs is 1. The van der Waals surface area contributed by atoms with Crippen LogP contribution in [0.1, 0.15) is 19.3 Å². The molecular weight excluding hydrogens is 240 g/mol. The fourth-order valence-corrected chi connectivity index (χ4v) is 2.95. The topological polar surface area (TPSA) is 58.9 Å². The SMILES string of the molecule is Cn1ncc2c(NC3CCN(C4CC4)C3)ncnc21. The van der Waals surface area contributed by atoms with Crippen LogP contribution in [-0.4, -0.2) is 49.8 Å². The van der Waals surface area contributed by atoms with E-state index in [9.17, 15) is 0 Å². The van der Waals surface area contributed by atoms with Crippen molar-refractivity contribution in [3.05, 3.63) is 12.5 Å². The molecule has 100 valence electrons. The zero-order valence-corrected chi connectivity index (χ0v) is 11.1. The summed E-state index contributed by atoms with van der Waals surface area (Å²) in [4.78, 5) is 11.2. The van der Waals surface area contributed by atoms with E-state index in [2.05, 4.69) is 25.3 Å². The third-order valence-corrected chi connectivity index (χ3v) is 4.15. The summed E-state index contributed by atoms with van der Waals surface area (Å²) in [6.07, 6.45) is 7.41. The molecule has 3 heterocycles. The maximum atomic E-state index is 4.38. The van der Waals surface area contributed by atoms with E-state index in [1.54, 1.807) is 11.0 Å². The molecule has 1 aliphatic heterocycles. The van der Waals surface area contributed by atoms with Gasteiger partial charge in [0.1, 0.15) is 12.1 Å². The minimum absolute atomic E-state index is 0.499. The maximum absolute atomic E-state index is 4.38. The quantitative estimate of drug-likeness (QED) is 0.890. The first kappa shape index (κ1) is 11.2. The maximum Gasteiger partial charge on any atom is 0.163 e. The predicted molar refractivity (Wildman–Crippen MR) is 72.9 cm³/mol. The van der Waals surface area contributed by atoms with E-state index < -0.39 is 0 Å². The lowest BCUT2D eigenvalue weighted by atomic mass is 10.2.